The molecule has 2 unspecified atom stereocenters. The van der Waals surface area contributed by atoms with Crippen LogP contribution in [0.4, 0.5) is 0 Å². The van der Waals surface area contributed by atoms with Gasteiger partial charge in [0.05, 0.1) is 5.92 Å². The minimum absolute atomic E-state index is 0.0446. The molecule has 0 radical (unpaired) electrons. The van der Waals surface area contributed by atoms with E-state index in [0.29, 0.717) is 24.5 Å². The van der Waals surface area contributed by atoms with Gasteiger partial charge in [-0.1, -0.05) is 54.1 Å². The number of likely N-dealkylation sites (tertiary alicyclic amines) is 1. The second kappa shape index (κ2) is 9.58. The third-order valence-electron chi connectivity index (χ3n) is 5.49. The standard InChI is InChI=1S/C25H22ClNO3S/c26-20-10-8-18(9-11-20)24(25(29)31)19-14-23(28)27(16-19)15-17-6-12-22(13-7-17)30-21-4-2-1-3-5-21/h1-13,19,24H,14-16H2,(H,29,31). The minimum atomic E-state index is -0.434. The fraction of sp³-hybridized carbons (Fsp3) is 0.200. The van der Waals surface area contributed by atoms with Gasteiger partial charge in [-0.25, -0.2) is 0 Å². The number of carbonyl (C=O) groups is 2. The van der Waals surface area contributed by atoms with Crippen molar-refractivity contribution in [3.63, 3.8) is 0 Å². The van der Waals surface area contributed by atoms with Gasteiger partial charge < -0.3 is 9.64 Å². The number of nitrogens with zero attached hydrogens (tertiary/aromatic N) is 1. The van der Waals surface area contributed by atoms with E-state index < -0.39 is 5.92 Å². The van der Waals surface area contributed by atoms with Crippen LogP contribution in [0.25, 0.3) is 0 Å². The van der Waals surface area contributed by atoms with E-state index in [2.05, 4.69) is 12.6 Å². The van der Waals surface area contributed by atoms with E-state index in [0.717, 1.165) is 22.6 Å². The molecule has 4 rings (SSSR count). The number of thiol groups is 1. The zero-order valence-corrected chi connectivity index (χ0v) is 18.4. The lowest BCUT2D eigenvalue weighted by atomic mass is 9.86. The number of hydrogen-bond acceptors (Lipinski definition) is 3. The first-order chi connectivity index (χ1) is 15.0. The Morgan fingerprint density at radius 3 is 2.29 bits per heavy atom. The van der Waals surface area contributed by atoms with Crippen LogP contribution < -0.4 is 4.74 Å². The van der Waals surface area contributed by atoms with E-state index in [-0.39, 0.29) is 16.9 Å². The summed E-state index contributed by atoms with van der Waals surface area (Å²) in [5, 5.41) is 0.377. The predicted octanol–water partition coefficient (Wildman–Crippen LogP) is 5.72. The molecule has 158 valence electrons. The molecule has 0 N–H and O–H groups in total. The Morgan fingerprint density at radius 1 is 1.00 bits per heavy atom. The molecule has 3 aromatic carbocycles. The highest BCUT2D eigenvalue weighted by Crippen LogP contribution is 2.35. The summed E-state index contributed by atoms with van der Waals surface area (Å²) in [5.74, 6) is 1.01. The van der Waals surface area contributed by atoms with Crippen molar-refractivity contribution in [2.75, 3.05) is 6.54 Å². The van der Waals surface area contributed by atoms with Gasteiger partial charge in [0.1, 0.15) is 11.5 Å². The summed E-state index contributed by atoms with van der Waals surface area (Å²) in [6.07, 6.45) is 0.328. The van der Waals surface area contributed by atoms with Crippen LogP contribution in [0.3, 0.4) is 0 Å². The first kappa shape index (κ1) is 21.5. The van der Waals surface area contributed by atoms with Crippen molar-refractivity contribution in [1.82, 2.24) is 4.90 Å². The summed E-state index contributed by atoms with van der Waals surface area (Å²) in [7, 11) is 0. The molecule has 1 saturated heterocycles. The third-order valence-corrected chi connectivity index (χ3v) is 6.02. The molecule has 0 spiro atoms. The molecule has 3 aromatic rings. The Hall–Kier alpha value is -2.76. The molecule has 1 aliphatic heterocycles. The van der Waals surface area contributed by atoms with Gasteiger partial charge in [0.2, 0.25) is 5.91 Å². The smallest absolute Gasteiger partial charge is 0.223 e. The maximum atomic E-state index is 12.7. The van der Waals surface area contributed by atoms with Crippen molar-refractivity contribution < 1.29 is 14.3 Å². The maximum Gasteiger partial charge on any atom is 0.223 e. The number of carbonyl (C=O) groups excluding carboxylic acids is 2. The van der Waals surface area contributed by atoms with Crippen LogP contribution in [0.15, 0.2) is 78.9 Å². The van der Waals surface area contributed by atoms with Crippen molar-refractivity contribution >= 4 is 35.3 Å². The third kappa shape index (κ3) is 5.30. The summed E-state index contributed by atoms with van der Waals surface area (Å²) < 4.78 is 5.82. The molecule has 0 bridgehead atoms. The Balaban J connectivity index is 1.42. The number of amides is 1. The van der Waals surface area contributed by atoms with E-state index in [9.17, 15) is 9.59 Å². The average Bonchev–Trinajstić information content (AvgIpc) is 3.11. The van der Waals surface area contributed by atoms with Crippen LogP contribution in [-0.4, -0.2) is 22.5 Å². The first-order valence-electron chi connectivity index (χ1n) is 10.1. The summed E-state index contributed by atoms with van der Waals surface area (Å²) >= 11 is 10.1. The van der Waals surface area contributed by atoms with Crippen LogP contribution in [0.2, 0.25) is 5.02 Å². The Bertz CT molecular complexity index is 1050. The number of benzene rings is 3. The van der Waals surface area contributed by atoms with Crippen LogP contribution in [0.1, 0.15) is 23.5 Å². The molecule has 2 atom stereocenters. The van der Waals surface area contributed by atoms with Gasteiger partial charge in [-0.3, -0.25) is 9.59 Å². The zero-order chi connectivity index (χ0) is 21.8. The quantitative estimate of drug-likeness (QED) is 0.467. The van der Waals surface area contributed by atoms with Crippen LogP contribution in [0.5, 0.6) is 11.5 Å². The van der Waals surface area contributed by atoms with Crippen molar-refractivity contribution in [1.29, 1.82) is 0 Å². The summed E-state index contributed by atoms with van der Waals surface area (Å²) in [6.45, 7) is 1.01. The van der Waals surface area contributed by atoms with Crippen LogP contribution >= 0.6 is 24.2 Å². The van der Waals surface area contributed by atoms with Gasteiger partial charge in [-0.05, 0) is 53.4 Å². The molecule has 0 aliphatic carbocycles. The van der Waals surface area contributed by atoms with E-state index >= 15 is 0 Å². The Labute approximate surface area is 192 Å². The molecule has 1 heterocycles. The van der Waals surface area contributed by atoms with Crippen molar-refractivity contribution in [2.24, 2.45) is 5.92 Å². The maximum absolute atomic E-state index is 12.7. The molecule has 31 heavy (non-hydrogen) atoms. The predicted molar refractivity (Wildman–Crippen MR) is 125 cm³/mol. The Kier molecular flexibility index (Phi) is 6.64. The number of rotatable bonds is 7. The second-order valence-electron chi connectivity index (χ2n) is 7.66. The highest BCUT2D eigenvalue weighted by molar-refractivity contribution is 7.96. The van der Waals surface area contributed by atoms with E-state index in [1.54, 1.807) is 17.0 Å². The lowest BCUT2D eigenvalue weighted by Crippen LogP contribution is -2.26. The molecule has 1 amide bonds. The molecular weight excluding hydrogens is 430 g/mol. The molecule has 0 saturated carbocycles. The monoisotopic (exact) mass is 451 g/mol. The summed E-state index contributed by atoms with van der Waals surface area (Å²) in [5.41, 5.74) is 1.85. The van der Waals surface area contributed by atoms with E-state index in [1.807, 2.05) is 66.7 Å². The number of halogens is 1. The molecule has 6 heteroatoms. The summed E-state index contributed by atoms with van der Waals surface area (Å²) in [4.78, 5) is 26.7. The van der Waals surface area contributed by atoms with Gasteiger partial charge in [-0.2, -0.15) is 0 Å². The molecule has 0 aromatic heterocycles. The lowest BCUT2D eigenvalue weighted by molar-refractivity contribution is -0.128. The van der Waals surface area contributed by atoms with Gasteiger partial charge in [0, 0.05) is 24.5 Å². The normalized spacial score (nSPS) is 16.9. The highest BCUT2D eigenvalue weighted by Gasteiger charge is 2.38. The number of para-hydroxylation sites is 1. The first-order valence-corrected chi connectivity index (χ1v) is 10.9. The molecular formula is C25H22ClNO3S. The van der Waals surface area contributed by atoms with Crippen LogP contribution in [-0.2, 0) is 16.1 Å². The minimum Gasteiger partial charge on any atom is -0.457 e. The highest BCUT2D eigenvalue weighted by atomic mass is 35.5. The molecule has 1 fully saturated rings. The van der Waals surface area contributed by atoms with Crippen molar-refractivity contribution in [2.45, 2.75) is 18.9 Å². The second-order valence-corrected chi connectivity index (χ2v) is 8.54. The fourth-order valence-electron chi connectivity index (χ4n) is 3.97. The molecule has 1 aliphatic rings. The summed E-state index contributed by atoms with van der Waals surface area (Å²) in [6, 6.07) is 24.5. The van der Waals surface area contributed by atoms with Crippen molar-refractivity contribution in [3.8, 4) is 11.5 Å². The van der Waals surface area contributed by atoms with Gasteiger partial charge >= 0.3 is 0 Å². The average molecular weight is 452 g/mol. The SMILES string of the molecule is O=C(S)C(c1ccc(Cl)cc1)C1CC(=O)N(Cc2ccc(Oc3ccccc3)cc2)C1. The molecule has 4 nitrogen and oxygen atoms in total. The van der Waals surface area contributed by atoms with Gasteiger partial charge in [-0.15, -0.1) is 12.6 Å². The lowest BCUT2D eigenvalue weighted by Gasteiger charge is -2.22. The number of ether oxygens (including phenoxy) is 1. The van der Waals surface area contributed by atoms with Crippen LogP contribution in [0, 0.1) is 5.92 Å². The van der Waals surface area contributed by atoms with E-state index in [4.69, 9.17) is 16.3 Å². The van der Waals surface area contributed by atoms with E-state index in [1.165, 1.54) is 0 Å². The van der Waals surface area contributed by atoms with Gasteiger partial charge in [0.15, 0.2) is 5.12 Å². The number of hydrogen-bond donors (Lipinski definition) is 1. The zero-order valence-electron chi connectivity index (χ0n) is 16.8. The van der Waals surface area contributed by atoms with Gasteiger partial charge in [0.25, 0.3) is 0 Å². The Morgan fingerprint density at radius 2 is 1.65 bits per heavy atom. The van der Waals surface area contributed by atoms with Crippen molar-refractivity contribution in [3.05, 3.63) is 95.0 Å². The topological polar surface area (TPSA) is 46.6 Å². The largest absolute Gasteiger partial charge is 0.457 e. The fourth-order valence-corrected chi connectivity index (χ4v) is 4.46.